The van der Waals surface area contributed by atoms with Crippen LogP contribution in [0.15, 0.2) is 18.2 Å². The lowest BCUT2D eigenvalue weighted by Gasteiger charge is -2.22. The monoisotopic (exact) mass is 181 g/mol. The van der Waals surface area contributed by atoms with Crippen molar-refractivity contribution in [1.82, 2.24) is 0 Å². The van der Waals surface area contributed by atoms with E-state index in [1.54, 1.807) is 12.1 Å². The summed E-state index contributed by atoms with van der Waals surface area (Å²) in [6, 6.07) is 4.79. The standard InChI is InChI=1S/C11H16FN/c1-11(2,3)10-6-9(12)5-4-8(10)7-13/h4-6H,7,13H2,1-3H3. The molecule has 0 heterocycles. The molecular formula is C11H16FN. The first-order valence-corrected chi connectivity index (χ1v) is 4.44. The molecule has 0 spiro atoms. The zero-order valence-electron chi connectivity index (χ0n) is 8.39. The number of rotatable bonds is 1. The molecule has 0 bridgehead atoms. The largest absolute Gasteiger partial charge is 0.326 e. The maximum absolute atomic E-state index is 13.0. The Labute approximate surface area is 78.8 Å². The van der Waals surface area contributed by atoms with Crippen LogP contribution in [-0.4, -0.2) is 0 Å². The van der Waals surface area contributed by atoms with Gasteiger partial charge in [0.25, 0.3) is 0 Å². The molecule has 0 saturated carbocycles. The van der Waals surface area contributed by atoms with Crippen molar-refractivity contribution in [3.8, 4) is 0 Å². The van der Waals surface area contributed by atoms with E-state index >= 15 is 0 Å². The Bertz CT molecular complexity index is 299. The number of hydrogen-bond acceptors (Lipinski definition) is 1. The van der Waals surface area contributed by atoms with Gasteiger partial charge >= 0.3 is 0 Å². The molecule has 2 heteroatoms. The summed E-state index contributed by atoms with van der Waals surface area (Å²) in [5, 5.41) is 0. The first-order chi connectivity index (χ1) is 5.95. The molecule has 0 aliphatic heterocycles. The lowest BCUT2D eigenvalue weighted by molar-refractivity contribution is 0.565. The minimum Gasteiger partial charge on any atom is -0.326 e. The highest BCUT2D eigenvalue weighted by molar-refractivity contribution is 5.33. The summed E-state index contributed by atoms with van der Waals surface area (Å²) in [5.41, 5.74) is 7.55. The van der Waals surface area contributed by atoms with Crippen molar-refractivity contribution in [3.63, 3.8) is 0 Å². The molecule has 1 aromatic rings. The van der Waals surface area contributed by atoms with E-state index in [0.29, 0.717) is 6.54 Å². The molecule has 0 aromatic heterocycles. The lowest BCUT2D eigenvalue weighted by atomic mass is 9.84. The van der Waals surface area contributed by atoms with E-state index in [0.717, 1.165) is 11.1 Å². The van der Waals surface area contributed by atoms with Gasteiger partial charge in [-0.25, -0.2) is 4.39 Å². The van der Waals surface area contributed by atoms with Gasteiger partial charge in [-0.1, -0.05) is 26.8 Å². The summed E-state index contributed by atoms with van der Waals surface area (Å²) in [6.07, 6.45) is 0. The third kappa shape index (κ3) is 2.28. The summed E-state index contributed by atoms with van der Waals surface area (Å²) in [6.45, 7) is 6.63. The molecule has 1 nitrogen and oxygen atoms in total. The molecule has 0 amide bonds. The van der Waals surface area contributed by atoms with E-state index in [1.165, 1.54) is 6.07 Å². The van der Waals surface area contributed by atoms with Crippen molar-refractivity contribution in [3.05, 3.63) is 35.1 Å². The molecule has 0 aliphatic carbocycles. The van der Waals surface area contributed by atoms with E-state index in [-0.39, 0.29) is 11.2 Å². The van der Waals surface area contributed by atoms with Crippen LogP contribution in [0.5, 0.6) is 0 Å². The zero-order chi connectivity index (χ0) is 10.1. The fraction of sp³-hybridized carbons (Fsp3) is 0.455. The minimum absolute atomic E-state index is 0.0448. The molecular weight excluding hydrogens is 165 g/mol. The second-order valence-electron chi connectivity index (χ2n) is 4.26. The number of nitrogens with two attached hydrogens (primary N) is 1. The summed E-state index contributed by atoms with van der Waals surface area (Å²) >= 11 is 0. The Morgan fingerprint density at radius 2 is 1.92 bits per heavy atom. The summed E-state index contributed by atoms with van der Waals surface area (Å²) in [4.78, 5) is 0. The quantitative estimate of drug-likeness (QED) is 0.708. The molecule has 0 unspecified atom stereocenters. The Kier molecular flexibility index (Phi) is 2.71. The fourth-order valence-corrected chi connectivity index (χ4v) is 1.42. The molecule has 72 valence electrons. The first-order valence-electron chi connectivity index (χ1n) is 4.44. The van der Waals surface area contributed by atoms with E-state index in [9.17, 15) is 4.39 Å². The van der Waals surface area contributed by atoms with E-state index in [2.05, 4.69) is 20.8 Å². The SMILES string of the molecule is CC(C)(C)c1cc(F)ccc1CN. The van der Waals surface area contributed by atoms with Gasteiger partial charge in [0.2, 0.25) is 0 Å². The molecule has 1 aromatic carbocycles. The topological polar surface area (TPSA) is 26.0 Å². The predicted octanol–water partition coefficient (Wildman–Crippen LogP) is 2.58. The molecule has 0 atom stereocenters. The fourth-order valence-electron chi connectivity index (χ4n) is 1.42. The van der Waals surface area contributed by atoms with Crippen molar-refractivity contribution < 1.29 is 4.39 Å². The van der Waals surface area contributed by atoms with Crippen LogP contribution in [0.25, 0.3) is 0 Å². The minimum atomic E-state index is -0.192. The third-order valence-corrected chi connectivity index (χ3v) is 2.10. The van der Waals surface area contributed by atoms with Crippen LogP contribution in [-0.2, 0) is 12.0 Å². The van der Waals surface area contributed by atoms with Gasteiger partial charge in [0.05, 0.1) is 0 Å². The molecule has 1 rings (SSSR count). The Morgan fingerprint density at radius 3 is 2.38 bits per heavy atom. The molecule has 0 saturated heterocycles. The van der Waals surface area contributed by atoms with Gasteiger partial charge in [0, 0.05) is 6.54 Å². The van der Waals surface area contributed by atoms with Crippen molar-refractivity contribution in [1.29, 1.82) is 0 Å². The van der Waals surface area contributed by atoms with E-state index in [1.807, 2.05) is 0 Å². The average Bonchev–Trinajstić information content (AvgIpc) is 2.03. The maximum Gasteiger partial charge on any atom is 0.123 e. The van der Waals surface area contributed by atoms with E-state index < -0.39 is 0 Å². The smallest absolute Gasteiger partial charge is 0.123 e. The van der Waals surface area contributed by atoms with E-state index in [4.69, 9.17) is 5.73 Å². The van der Waals surface area contributed by atoms with Gasteiger partial charge in [0.15, 0.2) is 0 Å². The maximum atomic E-state index is 13.0. The number of hydrogen-bond donors (Lipinski definition) is 1. The second kappa shape index (κ2) is 3.46. The summed E-state index contributed by atoms with van der Waals surface area (Å²) in [7, 11) is 0. The molecule has 0 aliphatic rings. The van der Waals surface area contributed by atoms with Crippen LogP contribution in [0.2, 0.25) is 0 Å². The number of halogens is 1. The first kappa shape index (κ1) is 10.2. The van der Waals surface area contributed by atoms with Crippen LogP contribution in [0, 0.1) is 5.82 Å². The van der Waals surface area contributed by atoms with Gasteiger partial charge in [-0.05, 0) is 28.7 Å². The highest BCUT2D eigenvalue weighted by Crippen LogP contribution is 2.26. The van der Waals surface area contributed by atoms with Gasteiger partial charge in [-0.2, -0.15) is 0 Å². The van der Waals surface area contributed by atoms with Crippen molar-refractivity contribution in [2.24, 2.45) is 5.73 Å². The highest BCUT2D eigenvalue weighted by Gasteiger charge is 2.17. The Hall–Kier alpha value is -0.890. The second-order valence-corrected chi connectivity index (χ2v) is 4.26. The molecule has 0 fully saturated rings. The third-order valence-electron chi connectivity index (χ3n) is 2.10. The van der Waals surface area contributed by atoms with Crippen LogP contribution in [0.3, 0.4) is 0 Å². The Balaban J connectivity index is 3.24. The summed E-state index contributed by atoms with van der Waals surface area (Å²) in [5.74, 6) is -0.192. The Morgan fingerprint density at radius 1 is 1.31 bits per heavy atom. The molecule has 13 heavy (non-hydrogen) atoms. The normalized spacial score (nSPS) is 11.8. The lowest BCUT2D eigenvalue weighted by Crippen LogP contribution is -2.16. The van der Waals surface area contributed by atoms with Gasteiger partial charge < -0.3 is 5.73 Å². The predicted molar refractivity (Wildman–Crippen MR) is 53.0 cm³/mol. The molecule has 2 N–H and O–H groups in total. The van der Waals surface area contributed by atoms with Crippen LogP contribution in [0.1, 0.15) is 31.9 Å². The zero-order valence-corrected chi connectivity index (χ0v) is 8.39. The van der Waals surface area contributed by atoms with Crippen LogP contribution in [0.4, 0.5) is 4.39 Å². The molecule has 0 radical (unpaired) electrons. The van der Waals surface area contributed by atoms with Crippen molar-refractivity contribution >= 4 is 0 Å². The number of benzene rings is 1. The van der Waals surface area contributed by atoms with Crippen molar-refractivity contribution in [2.45, 2.75) is 32.7 Å². The van der Waals surface area contributed by atoms with Gasteiger partial charge in [-0.15, -0.1) is 0 Å². The summed E-state index contributed by atoms with van der Waals surface area (Å²) < 4.78 is 13.0. The van der Waals surface area contributed by atoms with Gasteiger partial charge in [-0.3, -0.25) is 0 Å². The highest BCUT2D eigenvalue weighted by atomic mass is 19.1. The van der Waals surface area contributed by atoms with Crippen LogP contribution >= 0.6 is 0 Å². The average molecular weight is 181 g/mol. The van der Waals surface area contributed by atoms with Crippen LogP contribution < -0.4 is 5.73 Å². The van der Waals surface area contributed by atoms with Crippen molar-refractivity contribution in [2.75, 3.05) is 0 Å². The van der Waals surface area contributed by atoms with Gasteiger partial charge in [0.1, 0.15) is 5.82 Å².